The number of rotatable bonds is 8. The van der Waals surface area contributed by atoms with Crippen molar-refractivity contribution in [2.75, 3.05) is 7.11 Å². The Morgan fingerprint density at radius 3 is 2.41 bits per heavy atom. The number of carbonyl (C=O) groups excluding carboxylic acids is 2. The Hall–Kier alpha value is -4.07. The molecule has 0 fully saturated rings. The van der Waals surface area contributed by atoms with Crippen LogP contribution in [0, 0.1) is 0 Å². The number of aromatic nitrogens is 1. The number of ether oxygens (including phenoxy) is 2. The number of fused-ring (bicyclic) bond motifs is 1. The number of benzene rings is 3. The molecule has 0 bridgehead atoms. The molecule has 4 rings (SSSR count). The molecule has 1 aromatic heterocycles. The first-order valence-electron chi connectivity index (χ1n) is 10.4. The molecule has 0 saturated heterocycles. The molecule has 8 heteroatoms. The Bertz CT molecular complexity index is 1340. The summed E-state index contributed by atoms with van der Waals surface area (Å²) in [6.45, 7) is 0.0513. The third kappa shape index (κ3) is 4.66. The number of methoxy groups -OCH3 is 1. The Morgan fingerprint density at radius 1 is 1.09 bits per heavy atom. The molecule has 3 N–H and O–H groups in total. The molecule has 4 aromatic rings. The van der Waals surface area contributed by atoms with Crippen molar-refractivity contribution in [1.82, 2.24) is 4.98 Å². The maximum absolute atomic E-state index is 12.0. The lowest BCUT2D eigenvalue weighted by atomic mass is 9.94. The molecule has 0 radical (unpaired) electrons. The fraction of sp³-hybridized carbons (Fsp3) is 0.154. The summed E-state index contributed by atoms with van der Waals surface area (Å²) in [7, 11) is 1.27. The fourth-order valence-corrected chi connectivity index (χ4v) is 3.52. The minimum atomic E-state index is -2.35. The van der Waals surface area contributed by atoms with Gasteiger partial charge in [-0.05, 0) is 29.3 Å². The molecular weight excluding hydrogens is 436 g/mol. The third-order valence-corrected chi connectivity index (χ3v) is 5.27. The fourth-order valence-electron chi connectivity index (χ4n) is 3.52. The van der Waals surface area contributed by atoms with Gasteiger partial charge in [-0.2, -0.15) is 0 Å². The van der Waals surface area contributed by atoms with E-state index >= 15 is 0 Å². The predicted octanol–water partition coefficient (Wildman–Crippen LogP) is 3.22. The second kappa shape index (κ2) is 9.82. The smallest absolute Gasteiger partial charge is 0.337 e. The molecule has 2 atom stereocenters. The Morgan fingerprint density at radius 2 is 1.76 bits per heavy atom. The summed E-state index contributed by atoms with van der Waals surface area (Å²) in [6, 6.07) is 22.3. The number of nitrogens with zero attached hydrogens (tertiary/aromatic N) is 1. The van der Waals surface area contributed by atoms with Gasteiger partial charge < -0.3 is 19.0 Å². The van der Waals surface area contributed by atoms with E-state index < -0.39 is 17.8 Å². The largest absolute Gasteiger partial charge is 0.465 e. The van der Waals surface area contributed by atoms with Gasteiger partial charge in [-0.3, -0.25) is 5.73 Å². The Balaban J connectivity index is 1.75. The summed E-state index contributed by atoms with van der Waals surface area (Å²) in [6.07, 6.45) is -1.37. The molecule has 0 aliphatic heterocycles. The quantitative estimate of drug-likeness (QED) is 0.234. The van der Waals surface area contributed by atoms with Gasteiger partial charge in [0, 0.05) is 0 Å². The summed E-state index contributed by atoms with van der Waals surface area (Å²) in [5, 5.41) is 11.4. The highest BCUT2D eigenvalue weighted by Gasteiger charge is 2.44. The van der Waals surface area contributed by atoms with Gasteiger partial charge in [0.25, 0.3) is 0 Å². The second-order valence-electron chi connectivity index (χ2n) is 7.58. The average molecular weight is 458 g/mol. The van der Waals surface area contributed by atoms with Crippen LogP contribution in [0.15, 0.2) is 83.3 Å². The van der Waals surface area contributed by atoms with Crippen molar-refractivity contribution in [3.05, 3.63) is 101 Å². The van der Waals surface area contributed by atoms with Crippen LogP contribution in [0.3, 0.4) is 0 Å². The van der Waals surface area contributed by atoms with Crippen molar-refractivity contribution in [1.29, 1.82) is 0 Å². The van der Waals surface area contributed by atoms with Crippen LogP contribution in [0.25, 0.3) is 16.7 Å². The molecule has 0 aliphatic carbocycles. The molecule has 0 aliphatic rings. The monoisotopic (exact) mass is 458 g/mol. The van der Waals surface area contributed by atoms with Crippen molar-refractivity contribution in [2.24, 2.45) is 5.73 Å². The SMILES string of the molecule is COC(=O)c1ccc2oc(C(N)(O)C(OCc3ccccc3)C(=C=O)c3ccccc3)nc2c1. The maximum Gasteiger partial charge on any atom is 0.337 e. The minimum absolute atomic E-state index is 0.000892. The summed E-state index contributed by atoms with van der Waals surface area (Å²) in [4.78, 5) is 28.2. The predicted molar refractivity (Wildman–Crippen MR) is 124 cm³/mol. The van der Waals surface area contributed by atoms with Crippen LogP contribution in [0.1, 0.15) is 27.4 Å². The number of nitrogens with two attached hydrogens (primary N) is 1. The zero-order valence-electron chi connectivity index (χ0n) is 18.3. The van der Waals surface area contributed by atoms with Gasteiger partial charge in [0.1, 0.15) is 17.6 Å². The van der Waals surface area contributed by atoms with Crippen molar-refractivity contribution in [3.8, 4) is 0 Å². The first-order valence-corrected chi connectivity index (χ1v) is 10.4. The van der Waals surface area contributed by atoms with Crippen LogP contribution in [-0.4, -0.2) is 35.2 Å². The molecule has 8 nitrogen and oxygen atoms in total. The lowest BCUT2D eigenvalue weighted by Crippen LogP contribution is -2.50. The Labute approximate surface area is 195 Å². The number of oxazole rings is 1. The highest BCUT2D eigenvalue weighted by molar-refractivity contribution is 5.93. The van der Waals surface area contributed by atoms with Crippen LogP contribution in [0.5, 0.6) is 0 Å². The third-order valence-electron chi connectivity index (χ3n) is 5.27. The number of esters is 1. The van der Waals surface area contributed by atoms with Crippen LogP contribution >= 0.6 is 0 Å². The molecule has 0 saturated carbocycles. The summed E-state index contributed by atoms with van der Waals surface area (Å²) in [5.74, 6) is 1.03. The number of carbonyl (C=O) groups is 1. The van der Waals surface area contributed by atoms with Crippen molar-refractivity contribution in [3.63, 3.8) is 0 Å². The summed E-state index contributed by atoms with van der Waals surface area (Å²) in [5.41, 5.74) is 6.08. The minimum Gasteiger partial charge on any atom is -0.465 e. The summed E-state index contributed by atoms with van der Waals surface area (Å²) >= 11 is 0. The zero-order chi connectivity index (χ0) is 24.1. The van der Waals surface area contributed by atoms with Crippen LogP contribution in [0.4, 0.5) is 0 Å². The zero-order valence-corrected chi connectivity index (χ0v) is 18.3. The molecule has 0 spiro atoms. The second-order valence-corrected chi connectivity index (χ2v) is 7.58. The standard InChI is InChI=1S/C26H22N2O6/c1-32-24(30)19-12-13-22-21(14-19)28-25(34-22)26(27,31)23(33-16-17-8-4-2-5-9-17)20(15-29)18-10-6-3-7-11-18/h2-14,23,31H,16,27H2,1H3. The van der Waals surface area contributed by atoms with Crippen LogP contribution in [-0.2, 0) is 26.6 Å². The molecule has 172 valence electrons. The van der Waals surface area contributed by atoms with E-state index in [1.807, 2.05) is 36.3 Å². The van der Waals surface area contributed by atoms with E-state index in [9.17, 15) is 14.7 Å². The molecular formula is C26H22N2O6. The topological polar surface area (TPSA) is 125 Å². The van der Waals surface area contributed by atoms with Crippen LogP contribution in [0.2, 0.25) is 0 Å². The van der Waals surface area contributed by atoms with E-state index in [-0.39, 0.29) is 34.7 Å². The normalized spacial score (nSPS) is 13.6. The average Bonchev–Trinajstić information content (AvgIpc) is 3.31. The highest BCUT2D eigenvalue weighted by atomic mass is 16.5. The number of aliphatic hydroxyl groups is 1. The van der Waals surface area contributed by atoms with E-state index in [0.29, 0.717) is 5.56 Å². The van der Waals surface area contributed by atoms with Gasteiger partial charge in [0.15, 0.2) is 5.58 Å². The van der Waals surface area contributed by atoms with E-state index in [4.69, 9.17) is 19.6 Å². The van der Waals surface area contributed by atoms with Gasteiger partial charge in [-0.25, -0.2) is 14.6 Å². The molecule has 0 amide bonds. The summed E-state index contributed by atoms with van der Waals surface area (Å²) < 4.78 is 16.4. The molecule has 34 heavy (non-hydrogen) atoms. The number of hydrogen-bond donors (Lipinski definition) is 2. The molecule has 1 heterocycles. The van der Waals surface area contributed by atoms with Crippen molar-refractivity contribution in [2.45, 2.75) is 18.4 Å². The first kappa shape index (κ1) is 23.1. The van der Waals surface area contributed by atoms with Gasteiger partial charge >= 0.3 is 5.97 Å². The first-order chi connectivity index (χ1) is 16.4. The lowest BCUT2D eigenvalue weighted by molar-refractivity contribution is -0.102. The van der Waals surface area contributed by atoms with Gasteiger partial charge in [-0.1, -0.05) is 60.7 Å². The van der Waals surface area contributed by atoms with E-state index in [1.165, 1.54) is 25.3 Å². The molecule has 3 aromatic carbocycles. The van der Waals surface area contributed by atoms with Gasteiger partial charge in [0.05, 0.1) is 24.9 Å². The Kier molecular flexibility index (Phi) is 6.67. The van der Waals surface area contributed by atoms with E-state index in [2.05, 4.69) is 4.98 Å². The highest BCUT2D eigenvalue weighted by Crippen LogP contribution is 2.33. The van der Waals surface area contributed by atoms with E-state index in [1.54, 1.807) is 30.3 Å². The molecule has 2 unspecified atom stereocenters. The lowest BCUT2D eigenvalue weighted by Gasteiger charge is -2.30. The van der Waals surface area contributed by atoms with Crippen molar-refractivity contribution < 1.29 is 28.6 Å². The maximum atomic E-state index is 12.0. The van der Waals surface area contributed by atoms with Crippen LogP contribution < -0.4 is 5.73 Å². The van der Waals surface area contributed by atoms with Gasteiger partial charge in [-0.15, -0.1) is 0 Å². The van der Waals surface area contributed by atoms with Crippen molar-refractivity contribution >= 4 is 28.6 Å². The van der Waals surface area contributed by atoms with E-state index in [0.717, 1.165) is 5.56 Å². The number of hydrogen-bond acceptors (Lipinski definition) is 8. The van der Waals surface area contributed by atoms with Gasteiger partial charge in [0.2, 0.25) is 11.6 Å².